The number of oxime groups is 1. The van der Waals surface area contributed by atoms with Crippen molar-refractivity contribution in [3.05, 3.63) is 45.2 Å². The smallest absolute Gasteiger partial charge is 0.258 e. The molecule has 1 amide bonds. The summed E-state index contributed by atoms with van der Waals surface area (Å²) in [6.45, 7) is 7.40. The number of benzene rings is 1. The van der Waals surface area contributed by atoms with E-state index in [1.54, 1.807) is 27.1 Å². The Morgan fingerprint density at radius 1 is 1.20 bits per heavy atom. The Bertz CT molecular complexity index is 1410. The number of fused-ring (bicyclic) bond motifs is 3. The standard InChI is InChI=1S/C29H37N3O8/c1-12(31-40-8)14-11-17(28(2,3)4)22(33)19-15(14)9-13-10-16-21(32(6)7)24(35)20(27(38)30-5)26(37)29(16,39)25(36)18(13)23(19)34/h11,13,16,21,33-34,37,39H,9-10H2,1-8H3,(H,30,38)/b31-12-/t13-,16-,21-,29-/m0/s1. The second-order valence-electron chi connectivity index (χ2n) is 12.0. The van der Waals surface area contributed by atoms with Crippen LogP contribution in [0.1, 0.15) is 56.4 Å². The van der Waals surface area contributed by atoms with Crippen molar-refractivity contribution >= 4 is 28.9 Å². The van der Waals surface area contributed by atoms with Crippen LogP contribution in [0.15, 0.2) is 28.1 Å². The average Bonchev–Trinajstić information content (AvgIpc) is 2.85. The summed E-state index contributed by atoms with van der Waals surface area (Å²) >= 11 is 0. The van der Waals surface area contributed by atoms with Crippen molar-refractivity contribution in [2.45, 2.75) is 57.6 Å². The summed E-state index contributed by atoms with van der Waals surface area (Å²) in [4.78, 5) is 46.7. The second kappa shape index (κ2) is 9.74. The SMILES string of the molecule is CNC(=O)C1=C(O)[C@@]2(O)C(=O)C3=C(O)c4c(O)c(C(C)(C)C)cc(/C(C)=N\OC)c4C[C@H]3C[C@H]2[C@H](N(C)C)C1=O. The first-order valence-electron chi connectivity index (χ1n) is 13.1. The molecule has 5 N–H and O–H groups in total. The normalized spacial score (nSPS) is 26.9. The van der Waals surface area contributed by atoms with Crippen LogP contribution < -0.4 is 5.32 Å². The molecule has 1 fully saturated rings. The molecule has 1 saturated carbocycles. The number of ketones is 2. The molecule has 4 rings (SSSR count). The molecule has 11 heteroatoms. The fourth-order valence-electron chi connectivity index (χ4n) is 6.50. The van der Waals surface area contributed by atoms with Crippen molar-refractivity contribution in [1.82, 2.24) is 10.2 Å². The number of aliphatic hydroxyl groups excluding tert-OH is 2. The van der Waals surface area contributed by atoms with Gasteiger partial charge in [0.05, 0.1) is 17.3 Å². The monoisotopic (exact) mass is 555 g/mol. The minimum absolute atomic E-state index is 0.0302. The quantitative estimate of drug-likeness (QED) is 0.212. The summed E-state index contributed by atoms with van der Waals surface area (Å²) < 4.78 is 0. The molecule has 0 aliphatic heterocycles. The second-order valence-corrected chi connectivity index (χ2v) is 12.0. The number of nitrogens with zero attached hydrogens (tertiary/aromatic N) is 2. The number of likely N-dealkylation sites (N-methyl/N-ethyl adjacent to an activating group) is 2. The van der Waals surface area contributed by atoms with E-state index in [2.05, 4.69) is 10.5 Å². The van der Waals surface area contributed by atoms with Crippen molar-refractivity contribution in [3.8, 4) is 5.75 Å². The summed E-state index contributed by atoms with van der Waals surface area (Å²) in [5.74, 6) is -6.21. The van der Waals surface area contributed by atoms with E-state index in [4.69, 9.17) is 4.84 Å². The minimum Gasteiger partial charge on any atom is -0.508 e. The molecule has 1 aromatic rings. The molecular weight excluding hydrogens is 518 g/mol. The van der Waals surface area contributed by atoms with Gasteiger partial charge in [-0.3, -0.25) is 19.3 Å². The fraction of sp³-hybridized carbons (Fsp3) is 0.517. The summed E-state index contributed by atoms with van der Waals surface area (Å²) in [6.07, 6.45) is 0.209. The Morgan fingerprint density at radius 2 is 1.82 bits per heavy atom. The number of phenolic OH excluding ortho intramolecular Hbond substituents is 1. The van der Waals surface area contributed by atoms with Crippen molar-refractivity contribution in [1.29, 1.82) is 0 Å². The predicted molar refractivity (Wildman–Crippen MR) is 147 cm³/mol. The number of aliphatic hydroxyl groups is 3. The van der Waals surface area contributed by atoms with Crippen LogP contribution in [0.4, 0.5) is 0 Å². The van der Waals surface area contributed by atoms with E-state index in [1.165, 1.54) is 19.1 Å². The maximum atomic E-state index is 14.1. The lowest BCUT2D eigenvalue weighted by Crippen LogP contribution is -2.65. The molecule has 1 aromatic carbocycles. The zero-order valence-electron chi connectivity index (χ0n) is 24.0. The van der Waals surface area contributed by atoms with Crippen LogP contribution >= 0.6 is 0 Å². The minimum atomic E-state index is -2.64. The molecule has 0 aromatic heterocycles. The molecule has 3 aliphatic carbocycles. The number of amides is 1. The van der Waals surface area contributed by atoms with Gasteiger partial charge in [0.1, 0.15) is 30.0 Å². The third-order valence-electron chi connectivity index (χ3n) is 8.35. The zero-order valence-corrected chi connectivity index (χ0v) is 24.0. The topological polar surface area (TPSA) is 169 Å². The van der Waals surface area contributed by atoms with E-state index in [0.717, 1.165) is 0 Å². The fourth-order valence-corrected chi connectivity index (χ4v) is 6.50. The van der Waals surface area contributed by atoms with E-state index in [0.29, 0.717) is 22.4 Å². The Morgan fingerprint density at radius 3 is 2.35 bits per heavy atom. The largest absolute Gasteiger partial charge is 0.508 e. The van der Waals surface area contributed by atoms with Gasteiger partial charge in [-0.2, -0.15) is 0 Å². The molecule has 40 heavy (non-hydrogen) atoms. The summed E-state index contributed by atoms with van der Waals surface area (Å²) in [6, 6.07) is 0.692. The van der Waals surface area contributed by atoms with Crippen molar-refractivity contribution in [3.63, 3.8) is 0 Å². The van der Waals surface area contributed by atoms with E-state index in [1.807, 2.05) is 20.8 Å². The Balaban J connectivity index is 2.05. The number of rotatable bonds is 4. The predicted octanol–water partition coefficient (Wildman–Crippen LogP) is 1.89. The first-order valence-corrected chi connectivity index (χ1v) is 13.1. The van der Waals surface area contributed by atoms with E-state index < -0.39 is 63.5 Å². The van der Waals surface area contributed by atoms with Gasteiger partial charge in [-0.25, -0.2) is 0 Å². The van der Waals surface area contributed by atoms with Crippen LogP contribution in [0.5, 0.6) is 5.75 Å². The van der Waals surface area contributed by atoms with Gasteiger partial charge < -0.3 is 30.6 Å². The van der Waals surface area contributed by atoms with E-state index >= 15 is 0 Å². The average molecular weight is 556 g/mol. The lowest BCUT2D eigenvalue weighted by Gasteiger charge is -2.50. The number of Topliss-reactive ketones (excluding diaryl/α,β-unsaturated/α-hetero) is 2. The van der Waals surface area contributed by atoms with Crippen molar-refractivity contribution in [2.24, 2.45) is 17.0 Å². The maximum Gasteiger partial charge on any atom is 0.258 e. The first kappa shape index (κ1) is 29.3. The molecule has 0 unspecified atom stereocenters. The van der Waals surface area contributed by atoms with Crippen LogP contribution in [0.3, 0.4) is 0 Å². The Labute approximate surface area is 232 Å². The summed E-state index contributed by atoms with van der Waals surface area (Å²) in [5.41, 5.74) is -1.88. The molecule has 0 spiro atoms. The molecule has 0 radical (unpaired) electrons. The van der Waals surface area contributed by atoms with Gasteiger partial charge in [-0.1, -0.05) is 25.9 Å². The van der Waals surface area contributed by atoms with Crippen LogP contribution in [-0.4, -0.2) is 88.4 Å². The highest BCUT2D eigenvalue weighted by Crippen LogP contribution is 2.54. The lowest BCUT2D eigenvalue weighted by molar-refractivity contribution is -0.153. The van der Waals surface area contributed by atoms with Gasteiger partial charge in [-0.15, -0.1) is 0 Å². The van der Waals surface area contributed by atoms with Gasteiger partial charge in [0.15, 0.2) is 11.4 Å². The number of phenols is 1. The lowest BCUT2D eigenvalue weighted by atomic mass is 9.57. The van der Waals surface area contributed by atoms with Gasteiger partial charge in [-0.05, 0) is 56.8 Å². The number of hydrogen-bond donors (Lipinski definition) is 5. The number of aromatic hydroxyl groups is 1. The number of carbonyl (C=O) groups excluding carboxylic acids is 3. The van der Waals surface area contributed by atoms with E-state index in [9.17, 15) is 34.8 Å². The molecule has 11 nitrogen and oxygen atoms in total. The van der Waals surface area contributed by atoms with Crippen LogP contribution in [0.25, 0.3) is 5.76 Å². The van der Waals surface area contributed by atoms with Crippen molar-refractivity contribution < 1.29 is 39.6 Å². The molecule has 0 saturated heterocycles. The zero-order chi connectivity index (χ0) is 30.1. The number of carbonyl (C=O) groups is 3. The molecule has 0 heterocycles. The van der Waals surface area contributed by atoms with Gasteiger partial charge in [0.2, 0.25) is 5.78 Å². The van der Waals surface area contributed by atoms with Gasteiger partial charge >= 0.3 is 0 Å². The van der Waals surface area contributed by atoms with E-state index in [-0.39, 0.29) is 29.7 Å². The summed E-state index contributed by atoms with van der Waals surface area (Å²) in [7, 11) is 5.85. The number of nitrogens with one attached hydrogen (secondary N) is 1. The number of hydrogen-bond acceptors (Lipinski definition) is 10. The van der Waals surface area contributed by atoms with Gasteiger partial charge in [0.25, 0.3) is 5.91 Å². The summed E-state index contributed by atoms with van der Waals surface area (Å²) in [5, 5.41) is 52.4. The van der Waals surface area contributed by atoms with Crippen LogP contribution in [-0.2, 0) is 31.1 Å². The highest BCUT2D eigenvalue weighted by atomic mass is 16.6. The Hall–Kier alpha value is -3.70. The molecule has 3 aliphatic rings. The van der Waals surface area contributed by atoms with Crippen LogP contribution in [0.2, 0.25) is 0 Å². The third kappa shape index (κ3) is 4.02. The Kier molecular flexibility index (Phi) is 7.13. The molecule has 216 valence electrons. The maximum absolute atomic E-state index is 14.1. The van der Waals surface area contributed by atoms with Crippen molar-refractivity contribution in [2.75, 3.05) is 28.3 Å². The van der Waals surface area contributed by atoms with Gasteiger partial charge in [0, 0.05) is 29.7 Å². The molecule has 0 bridgehead atoms. The van der Waals surface area contributed by atoms with Crippen LogP contribution in [0, 0.1) is 11.8 Å². The third-order valence-corrected chi connectivity index (χ3v) is 8.35. The molecular formula is C29H37N3O8. The molecule has 4 atom stereocenters. The first-order chi connectivity index (χ1) is 18.5. The highest BCUT2D eigenvalue weighted by Gasteiger charge is 2.64. The highest BCUT2D eigenvalue weighted by molar-refractivity contribution is 6.25.